The molecule has 1 unspecified atom stereocenters. The monoisotopic (exact) mass is 181 g/mol. The van der Waals surface area contributed by atoms with Crippen LogP contribution in [0.15, 0.2) is 0 Å². The lowest BCUT2D eigenvalue weighted by Gasteiger charge is -2.03. The average molecular weight is 181 g/mol. The Morgan fingerprint density at radius 1 is 1.62 bits per heavy atom. The van der Waals surface area contributed by atoms with Gasteiger partial charge in [0.25, 0.3) is 0 Å². The fourth-order valence-electron chi connectivity index (χ4n) is 1.80. The Balaban J connectivity index is 2.34. The van der Waals surface area contributed by atoms with E-state index in [4.69, 9.17) is 10.5 Å². The molecule has 2 N–H and O–H groups in total. The Hall–Kier alpha value is -1.03. The second-order valence-corrected chi connectivity index (χ2v) is 3.58. The maximum absolute atomic E-state index is 5.83. The van der Waals surface area contributed by atoms with Gasteiger partial charge in [0.2, 0.25) is 0 Å². The standard InChI is InChI=1S/C9H15N3O/c1-6-8(7-3-4-13-5-7)11-12(2)9(6)10/h7H,3-5,10H2,1-2H3. The Morgan fingerprint density at radius 3 is 2.85 bits per heavy atom. The van der Waals surface area contributed by atoms with Crippen LogP contribution >= 0.6 is 0 Å². The Labute approximate surface area is 77.7 Å². The fourth-order valence-corrected chi connectivity index (χ4v) is 1.80. The first-order chi connectivity index (χ1) is 6.20. The first kappa shape index (κ1) is 8.56. The molecule has 1 fully saturated rings. The van der Waals surface area contributed by atoms with Crippen molar-refractivity contribution in [3.05, 3.63) is 11.3 Å². The van der Waals surface area contributed by atoms with Crippen LogP contribution in [0, 0.1) is 6.92 Å². The SMILES string of the molecule is Cc1c(C2CCOC2)nn(C)c1N. The quantitative estimate of drug-likeness (QED) is 0.697. The number of aryl methyl sites for hydroxylation is 1. The molecule has 0 amide bonds. The van der Waals surface area contributed by atoms with Crippen molar-refractivity contribution in [1.82, 2.24) is 9.78 Å². The summed E-state index contributed by atoms with van der Waals surface area (Å²) in [6.45, 7) is 3.66. The van der Waals surface area contributed by atoms with Crippen molar-refractivity contribution in [2.45, 2.75) is 19.3 Å². The van der Waals surface area contributed by atoms with Gasteiger partial charge in [-0.2, -0.15) is 5.10 Å². The second-order valence-electron chi connectivity index (χ2n) is 3.58. The Morgan fingerprint density at radius 2 is 2.38 bits per heavy atom. The van der Waals surface area contributed by atoms with Crippen molar-refractivity contribution >= 4 is 5.82 Å². The van der Waals surface area contributed by atoms with E-state index in [-0.39, 0.29) is 0 Å². The van der Waals surface area contributed by atoms with Gasteiger partial charge in [-0.3, -0.25) is 4.68 Å². The van der Waals surface area contributed by atoms with Crippen molar-refractivity contribution in [1.29, 1.82) is 0 Å². The van der Waals surface area contributed by atoms with Crippen LogP contribution < -0.4 is 5.73 Å². The lowest BCUT2D eigenvalue weighted by molar-refractivity contribution is 0.193. The molecule has 4 nitrogen and oxygen atoms in total. The average Bonchev–Trinajstić information content (AvgIpc) is 2.70. The zero-order chi connectivity index (χ0) is 9.42. The van der Waals surface area contributed by atoms with E-state index < -0.39 is 0 Å². The molecule has 0 spiro atoms. The summed E-state index contributed by atoms with van der Waals surface area (Å²) in [5.41, 5.74) is 8.05. The first-order valence-electron chi connectivity index (χ1n) is 4.57. The van der Waals surface area contributed by atoms with E-state index in [1.54, 1.807) is 4.68 Å². The minimum Gasteiger partial charge on any atom is -0.384 e. The highest BCUT2D eigenvalue weighted by molar-refractivity contribution is 5.43. The van der Waals surface area contributed by atoms with Crippen LogP contribution in [0.25, 0.3) is 0 Å². The van der Waals surface area contributed by atoms with Crippen LogP contribution in [0.1, 0.15) is 23.6 Å². The number of rotatable bonds is 1. The molecule has 13 heavy (non-hydrogen) atoms. The minimum absolute atomic E-state index is 0.448. The zero-order valence-electron chi connectivity index (χ0n) is 8.08. The number of ether oxygens (including phenoxy) is 1. The van der Waals surface area contributed by atoms with Crippen molar-refractivity contribution in [2.75, 3.05) is 18.9 Å². The lowest BCUT2D eigenvalue weighted by Crippen LogP contribution is -2.01. The van der Waals surface area contributed by atoms with Crippen molar-refractivity contribution in [3.8, 4) is 0 Å². The van der Waals surface area contributed by atoms with Gasteiger partial charge in [-0.05, 0) is 13.3 Å². The molecule has 1 aromatic heterocycles. The maximum atomic E-state index is 5.83. The number of nitrogen functional groups attached to an aromatic ring is 1. The molecule has 1 aromatic rings. The fraction of sp³-hybridized carbons (Fsp3) is 0.667. The van der Waals surface area contributed by atoms with Crippen LogP contribution in [0.4, 0.5) is 5.82 Å². The Bertz CT molecular complexity index is 313. The van der Waals surface area contributed by atoms with Crippen molar-refractivity contribution < 1.29 is 4.74 Å². The highest BCUT2D eigenvalue weighted by Crippen LogP contribution is 2.28. The highest BCUT2D eigenvalue weighted by atomic mass is 16.5. The topological polar surface area (TPSA) is 53.1 Å². The molecule has 1 aliphatic rings. The molecule has 1 saturated heterocycles. The van der Waals surface area contributed by atoms with Gasteiger partial charge in [0.1, 0.15) is 5.82 Å². The van der Waals surface area contributed by atoms with Gasteiger partial charge in [0, 0.05) is 25.1 Å². The third-order valence-corrected chi connectivity index (χ3v) is 2.69. The van der Waals surface area contributed by atoms with E-state index in [0.29, 0.717) is 5.92 Å². The minimum atomic E-state index is 0.448. The third kappa shape index (κ3) is 1.31. The number of nitrogens with zero attached hydrogens (tertiary/aromatic N) is 2. The molecule has 0 saturated carbocycles. The predicted molar refractivity (Wildman–Crippen MR) is 50.5 cm³/mol. The molecule has 4 heteroatoms. The van der Waals surface area contributed by atoms with Gasteiger partial charge in [0.05, 0.1) is 12.3 Å². The Kier molecular flexibility index (Phi) is 2.00. The van der Waals surface area contributed by atoms with Crippen LogP contribution in [-0.2, 0) is 11.8 Å². The summed E-state index contributed by atoms with van der Waals surface area (Å²) >= 11 is 0. The second kappa shape index (κ2) is 3.03. The number of nitrogens with two attached hydrogens (primary N) is 1. The zero-order valence-corrected chi connectivity index (χ0v) is 8.08. The molecule has 1 aliphatic heterocycles. The summed E-state index contributed by atoms with van der Waals surface area (Å²) in [5, 5.41) is 4.40. The lowest BCUT2D eigenvalue weighted by atomic mass is 10.0. The molecular formula is C9H15N3O. The molecular weight excluding hydrogens is 166 g/mol. The number of hydrogen-bond acceptors (Lipinski definition) is 3. The van der Waals surface area contributed by atoms with Crippen LogP contribution in [0.3, 0.4) is 0 Å². The van der Waals surface area contributed by atoms with E-state index in [2.05, 4.69) is 5.10 Å². The number of aromatic nitrogens is 2. The van der Waals surface area contributed by atoms with Gasteiger partial charge in [-0.15, -0.1) is 0 Å². The summed E-state index contributed by atoms with van der Waals surface area (Å²) in [5.74, 6) is 1.21. The molecule has 72 valence electrons. The van der Waals surface area contributed by atoms with Crippen LogP contribution in [0.2, 0.25) is 0 Å². The van der Waals surface area contributed by atoms with Gasteiger partial charge < -0.3 is 10.5 Å². The first-order valence-corrected chi connectivity index (χ1v) is 4.57. The van der Waals surface area contributed by atoms with E-state index in [1.165, 1.54) is 0 Å². The summed E-state index contributed by atoms with van der Waals surface area (Å²) in [6.07, 6.45) is 1.07. The van der Waals surface area contributed by atoms with E-state index in [1.807, 2.05) is 14.0 Å². The van der Waals surface area contributed by atoms with E-state index in [9.17, 15) is 0 Å². The highest BCUT2D eigenvalue weighted by Gasteiger charge is 2.23. The number of hydrogen-bond donors (Lipinski definition) is 1. The molecule has 0 aliphatic carbocycles. The van der Waals surface area contributed by atoms with Crippen LogP contribution in [-0.4, -0.2) is 23.0 Å². The smallest absolute Gasteiger partial charge is 0.124 e. The van der Waals surface area contributed by atoms with Crippen molar-refractivity contribution in [3.63, 3.8) is 0 Å². The van der Waals surface area contributed by atoms with Gasteiger partial charge in [0.15, 0.2) is 0 Å². The van der Waals surface area contributed by atoms with Crippen LogP contribution in [0.5, 0.6) is 0 Å². The third-order valence-electron chi connectivity index (χ3n) is 2.69. The molecule has 0 bridgehead atoms. The molecule has 0 aromatic carbocycles. The summed E-state index contributed by atoms with van der Waals surface area (Å²) in [7, 11) is 1.88. The summed E-state index contributed by atoms with van der Waals surface area (Å²) in [6, 6.07) is 0. The van der Waals surface area contributed by atoms with Gasteiger partial charge in [-0.1, -0.05) is 0 Å². The summed E-state index contributed by atoms with van der Waals surface area (Å²) in [4.78, 5) is 0. The van der Waals surface area contributed by atoms with Gasteiger partial charge >= 0.3 is 0 Å². The van der Waals surface area contributed by atoms with Gasteiger partial charge in [-0.25, -0.2) is 0 Å². The maximum Gasteiger partial charge on any atom is 0.124 e. The van der Waals surface area contributed by atoms with E-state index >= 15 is 0 Å². The molecule has 1 atom stereocenters. The van der Waals surface area contributed by atoms with E-state index in [0.717, 1.165) is 36.7 Å². The molecule has 2 rings (SSSR count). The largest absolute Gasteiger partial charge is 0.384 e. The molecule has 0 radical (unpaired) electrons. The molecule has 2 heterocycles. The summed E-state index contributed by atoms with van der Waals surface area (Å²) < 4.78 is 7.06. The normalized spacial score (nSPS) is 22.5. The van der Waals surface area contributed by atoms with Crippen molar-refractivity contribution in [2.24, 2.45) is 7.05 Å². The predicted octanol–water partition coefficient (Wildman–Crippen LogP) is 0.815. The number of anilines is 1.